The molecule has 1 aliphatic heterocycles. The molecule has 0 saturated carbocycles. The van der Waals surface area contributed by atoms with Crippen LogP contribution in [0, 0.1) is 17.0 Å². The fourth-order valence-electron chi connectivity index (χ4n) is 2.34. The monoisotopic (exact) mass is 335 g/mol. The van der Waals surface area contributed by atoms with Crippen LogP contribution in [0.5, 0.6) is 0 Å². The number of nitro benzene ring substituents is 1. The molecule has 1 heterocycles. The van der Waals surface area contributed by atoms with Gasteiger partial charge in [0.1, 0.15) is 0 Å². The van der Waals surface area contributed by atoms with E-state index in [1.807, 2.05) is 6.92 Å². The first-order valence-electron chi connectivity index (χ1n) is 6.31. The highest BCUT2D eigenvalue weighted by atomic mass is 35.5. The normalized spacial score (nSPS) is 19.8. The number of nitrogens with one attached hydrogen (secondary N) is 1. The van der Waals surface area contributed by atoms with Crippen LogP contribution in [0.1, 0.15) is 12.5 Å². The smallest absolute Gasteiger partial charge is 0.269 e. The highest BCUT2D eigenvalue weighted by molar-refractivity contribution is 7.89. The zero-order chi connectivity index (χ0) is 14.9. The summed E-state index contributed by atoms with van der Waals surface area (Å²) in [7, 11) is -3.61. The first-order chi connectivity index (χ1) is 9.34. The van der Waals surface area contributed by atoms with Crippen LogP contribution in [0.4, 0.5) is 5.69 Å². The number of non-ortho nitro benzene ring substituents is 1. The summed E-state index contributed by atoms with van der Waals surface area (Å²) < 4.78 is 26.7. The van der Waals surface area contributed by atoms with Gasteiger partial charge in [-0.05, 0) is 25.5 Å². The zero-order valence-electron chi connectivity index (χ0n) is 11.8. The van der Waals surface area contributed by atoms with Gasteiger partial charge in [0.05, 0.1) is 9.82 Å². The van der Waals surface area contributed by atoms with Crippen molar-refractivity contribution in [2.45, 2.75) is 24.8 Å². The van der Waals surface area contributed by atoms with Crippen LogP contribution in [-0.2, 0) is 10.0 Å². The van der Waals surface area contributed by atoms with Crippen molar-refractivity contribution in [3.05, 3.63) is 33.9 Å². The Balaban J connectivity index is 0.00000220. The van der Waals surface area contributed by atoms with Crippen LogP contribution in [-0.4, -0.2) is 43.3 Å². The SMILES string of the molecule is Cc1cc([N+](=O)[O-])ccc1S(=O)(=O)N1CCNC[C@H]1C.Cl. The summed E-state index contributed by atoms with van der Waals surface area (Å²) >= 11 is 0. The van der Waals surface area contributed by atoms with Gasteiger partial charge >= 0.3 is 0 Å². The minimum Gasteiger partial charge on any atom is -0.314 e. The highest BCUT2D eigenvalue weighted by Crippen LogP contribution is 2.25. The molecule has 9 heteroatoms. The third-order valence-electron chi connectivity index (χ3n) is 3.40. The van der Waals surface area contributed by atoms with Crippen LogP contribution in [0.25, 0.3) is 0 Å². The molecule has 118 valence electrons. The number of sulfonamides is 1. The molecule has 0 aromatic heterocycles. The second-order valence-electron chi connectivity index (χ2n) is 4.88. The molecule has 0 radical (unpaired) electrons. The lowest BCUT2D eigenvalue weighted by atomic mass is 10.2. The van der Waals surface area contributed by atoms with Crippen LogP contribution < -0.4 is 5.32 Å². The number of nitro groups is 1. The molecule has 0 spiro atoms. The molecule has 1 N–H and O–H groups in total. The van der Waals surface area contributed by atoms with Crippen LogP contribution in [0.2, 0.25) is 0 Å². The van der Waals surface area contributed by atoms with E-state index < -0.39 is 14.9 Å². The second-order valence-corrected chi connectivity index (χ2v) is 6.73. The second kappa shape index (κ2) is 6.69. The zero-order valence-corrected chi connectivity index (χ0v) is 13.4. The first kappa shape index (κ1) is 17.8. The predicted octanol–water partition coefficient (Wildman–Crippen LogP) is 1.31. The largest absolute Gasteiger partial charge is 0.314 e. The number of hydrogen-bond acceptors (Lipinski definition) is 5. The Morgan fingerprint density at radius 1 is 1.43 bits per heavy atom. The lowest BCUT2D eigenvalue weighted by Gasteiger charge is -2.33. The molecule has 1 atom stereocenters. The van der Waals surface area contributed by atoms with Crippen molar-refractivity contribution >= 4 is 28.1 Å². The van der Waals surface area contributed by atoms with Crippen molar-refractivity contribution in [1.82, 2.24) is 9.62 Å². The number of rotatable bonds is 3. The van der Waals surface area contributed by atoms with Crippen LogP contribution in [0.3, 0.4) is 0 Å². The Morgan fingerprint density at radius 3 is 2.62 bits per heavy atom. The first-order valence-corrected chi connectivity index (χ1v) is 7.75. The van der Waals surface area contributed by atoms with Crippen molar-refractivity contribution in [1.29, 1.82) is 0 Å². The van der Waals surface area contributed by atoms with Crippen molar-refractivity contribution in [2.24, 2.45) is 0 Å². The average Bonchev–Trinajstić information content (AvgIpc) is 2.38. The molecule has 0 unspecified atom stereocenters. The van der Waals surface area contributed by atoms with E-state index in [1.54, 1.807) is 6.92 Å². The van der Waals surface area contributed by atoms with Crippen molar-refractivity contribution < 1.29 is 13.3 Å². The van der Waals surface area contributed by atoms with Gasteiger partial charge in [0.2, 0.25) is 10.0 Å². The van der Waals surface area contributed by atoms with Gasteiger partial charge in [-0.1, -0.05) is 0 Å². The third-order valence-corrected chi connectivity index (χ3v) is 5.57. The Morgan fingerprint density at radius 2 is 2.10 bits per heavy atom. The van der Waals surface area contributed by atoms with E-state index in [0.29, 0.717) is 25.2 Å². The van der Waals surface area contributed by atoms with Crippen molar-refractivity contribution in [2.75, 3.05) is 19.6 Å². The van der Waals surface area contributed by atoms with E-state index in [2.05, 4.69) is 5.32 Å². The van der Waals surface area contributed by atoms with Gasteiger partial charge in [0.15, 0.2) is 0 Å². The molecule has 1 aliphatic rings. The molecular formula is C12H18ClN3O4S. The molecule has 1 saturated heterocycles. The summed E-state index contributed by atoms with van der Waals surface area (Å²) in [5.41, 5.74) is 0.291. The summed E-state index contributed by atoms with van der Waals surface area (Å²) in [5.74, 6) is 0. The Bertz CT molecular complexity index is 635. The fourth-order valence-corrected chi connectivity index (χ4v) is 4.18. The van der Waals surface area contributed by atoms with E-state index in [-0.39, 0.29) is 29.0 Å². The predicted molar refractivity (Wildman–Crippen MR) is 81.3 cm³/mol. The maximum atomic E-state index is 12.6. The molecule has 1 aromatic carbocycles. The van der Waals surface area contributed by atoms with Gasteiger partial charge in [-0.2, -0.15) is 4.31 Å². The Labute approximate surface area is 129 Å². The maximum Gasteiger partial charge on any atom is 0.269 e. The Kier molecular flexibility index (Phi) is 5.68. The number of aryl methyl sites for hydroxylation is 1. The lowest BCUT2D eigenvalue weighted by Crippen LogP contribution is -2.52. The topological polar surface area (TPSA) is 92.5 Å². The molecule has 7 nitrogen and oxygen atoms in total. The summed E-state index contributed by atoms with van der Waals surface area (Å²) in [6.07, 6.45) is 0. The minimum atomic E-state index is -3.61. The molecule has 0 bridgehead atoms. The van der Waals surface area contributed by atoms with E-state index in [1.165, 1.54) is 22.5 Å². The van der Waals surface area contributed by atoms with Gasteiger partial charge in [0.25, 0.3) is 5.69 Å². The van der Waals surface area contributed by atoms with Gasteiger partial charge in [-0.3, -0.25) is 10.1 Å². The highest BCUT2D eigenvalue weighted by Gasteiger charge is 2.32. The van der Waals surface area contributed by atoms with Crippen LogP contribution in [0.15, 0.2) is 23.1 Å². The summed E-state index contributed by atoms with van der Waals surface area (Å²) in [6.45, 7) is 5.03. The molecule has 21 heavy (non-hydrogen) atoms. The van der Waals surface area contributed by atoms with E-state index >= 15 is 0 Å². The number of piperazine rings is 1. The minimum absolute atomic E-state index is 0. The number of halogens is 1. The van der Waals surface area contributed by atoms with E-state index in [9.17, 15) is 18.5 Å². The molecular weight excluding hydrogens is 318 g/mol. The maximum absolute atomic E-state index is 12.6. The number of hydrogen-bond donors (Lipinski definition) is 1. The molecule has 0 aliphatic carbocycles. The standard InChI is InChI=1S/C12H17N3O4S.ClH/c1-9-7-11(15(16)17)3-4-12(9)20(18,19)14-6-5-13-8-10(14)2;/h3-4,7,10,13H,5-6,8H2,1-2H3;1H/t10-;/m1./s1. The summed E-state index contributed by atoms with van der Waals surface area (Å²) in [5, 5.41) is 13.8. The quantitative estimate of drug-likeness (QED) is 0.664. The van der Waals surface area contributed by atoms with Crippen molar-refractivity contribution in [3.8, 4) is 0 Å². The molecule has 2 rings (SSSR count). The van der Waals surface area contributed by atoms with Gasteiger partial charge in [0, 0.05) is 37.8 Å². The molecule has 1 fully saturated rings. The summed E-state index contributed by atoms with van der Waals surface area (Å²) in [6, 6.07) is 3.70. The third kappa shape index (κ3) is 3.52. The molecule has 1 aromatic rings. The van der Waals surface area contributed by atoms with E-state index in [0.717, 1.165) is 0 Å². The Hall–Kier alpha value is -1.22. The van der Waals surface area contributed by atoms with Crippen molar-refractivity contribution in [3.63, 3.8) is 0 Å². The average molecular weight is 336 g/mol. The number of nitrogens with zero attached hydrogens (tertiary/aromatic N) is 2. The van der Waals surface area contributed by atoms with Crippen LogP contribution >= 0.6 is 12.4 Å². The fraction of sp³-hybridized carbons (Fsp3) is 0.500. The lowest BCUT2D eigenvalue weighted by molar-refractivity contribution is -0.385. The van der Waals surface area contributed by atoms with Gasteiger partial charge in [-0.25, -0.2) is 8.42 Å². The number of benzene rings is 1. The van der Waals surface area contributed by atoms with Gasteiger partial charge in [-0.15, -0.1) is 12.4 Å². The summed E-state index contributed by atoms with van der Waals surface area (Å²) in [4.78, 5) is 10.3. The van der Waals surface area contributed by atoms with Gasteiger partial charge < -0.3 is 5.32 Å². The molecule has 0 amide bonds. The van der Waals surface area contributed by atoms with E-state index in [4.69, 9.17) is 0 Å².